The third-order valence-electron chi connectivity index (χ3n) is 12.5. The first-order chi connectivity index (χ1) is 35.5. The van der Waals surface area contributed by atoms with Gasteiger partial charge in [-0.1, -0.05) is 51.1 Å². The monoisotopic (exact) mass is 1060 g/mol. The molecule has 0 aliphatic heterocycles. The van der Waals surface area contributed by atoms with Gasteiger partial charge in [-0.15, -0.1) is 0 Å². The third-order valence-corrected chi connectivity index (χ3v) is 14.3. The van der Waals surface area contributed by atoms with Gasteiger partial charge in [-0.05, 0) is 147 Å². The van der Waals surface area contributed by atoms with Crippen molar-refractivity contribution in [2.45, 2.75) is 81.7 Å². The molecule has 0 saturated carbocycles. The minimum absolute atomic E-state index is 0.0108. The van der Waals surface area contributed by atoms with Crippen LogP contribution >= 0.6 is 0 Å². The summed E-state index contributed by atoms with van der Waals surface area (Å²) in [6.07, 6.45) is 3.77. The van der Waals surface area contributed by atoms with E-state index in [1.807, 2.05) is 33.8 Å². The molecule has 4 N–H and O–H groups in total. The highest BCUT2D eigenvalue weighted by Gasteiger charge is 2.33. The second-order valence-corrected chi connectivity index (χ2v) is 20.1. The molecule has 0 aliphatic rings. The summed E-state index contributed by atoms with van der Waals surface area (Å²) in [7, 11) is -6.86. The van der Waals surface area contributed by atoms with Gasteiger partial charge >= 0.3 is 11.9 Å². The maximum absolute atomic E-state index is 12.9. The van der Waals surface area contributed by atoms with E-state index in [2.05, 4.69) is 35.8 Å². The van der Waals surface area contributed by atoms with Gasteiger partial charge in [0.25, 0.3) is 20.2 Å². The molecular formula is C53H54N8O12S2. The number of rotatable bonds is 21. The van der Waals surface area contributed by atoms with Crippen molar-refractivity contribution in [2.24, 2.45) is 40.9 Å². The summed E-state index contributed by atoms with van der Waals surface area (Å²) < 4.78 is 83.8. The molecule has 0 heterocycles. The van der Waals surface area contributed by atoms with Crippen molar-refractivity contribution in [1.29, 1.82) is 0 Å². The Bertz CT molecular complexity index is 3520. The van der Waals surface area contributed by atoms with E-state index < -0.39 is 53.0 Å². The Hall–Kier alpha value is -8.18. The number of ether oxygens (including phenoxy) is 2. The maximum atomic E-state index is 12.9. The average molecular weight is 1060 g/mol. The van der Waals surface area contributed by atoms with Crippen molar-refractivity contribution in [3.8, 4) is 11.5 Å². The fourth-order valence-electron chi connectivity index (χ4n) is 7.73. The molecule has 0 saturated heterocycles. The van der Waals surface area contributed by atoms with Gasteiger partial charge in [0, 0.05) is 17.7 Å². The predicted octanol–water partition coefficient (Wildman–Crippen LogP) is 14.4. The lowest BCUT2D eigenvalue weighted by Gasteiger charge is -2.29. The summed E-state index contributed by atoms with van der Waals surface area (Å²) in [4.78, 5) is 21.4. The fraction of sp³-hybridized carbons (Fsp3) is 0.245. The third kappa shape index (κ3) is 13.3. The van der Waals surface area contributed by atoms with Gasteiger partial charge in [-0.3, -0.25) is 9.11 Å². The van der Waals surface area contributed by atoms with Gasteiger partial charge in [-0.25, -0.2) is 9.59 Å². The van der Waals surface area contributed by atoms with Crippen LogP contribution in [0.15, 0.2) is 160 Å². The number of methoxy groups -OCH3 is 2. The normalized spacial score (nSPS) is 13.4. The molecule has 6 aromatic rings. The fourth-order valence-corrected chi connectivity index (χ4v) is 9.14. The van der Waals surface area contributed by atoms with Crippen LogP contribution in [0.4, 0.5) is 34.1 Å². The summed E-state index contributed by atoms with van der Waals surface area (Å²) in [5.41, 5.74) is 2.71. The number of carboxylic acids is 2. The minimum Gasteiger partial charge on any atom is -0.496 e. The number of azo groups is 4. The Morgan fingerprint density at radius 2 is 1.00 bits per heavy atom. The largest absolute Gasteiger partial charge is 0.496 e. The molecule has 0 aromatic heterocycles. The van der Waals surface area contributed by atoms with Gasteiger partial charge < -0.3 is 19.7 Å². The number of benzene rings is 6. The SMILES string of the molecule is CCC(C)(N=Nc1cc(C)c(N=Nc2ccc(C(=O)O)cc2)cc1OC)c1ccc(C=Cc2ccc(N=NC(CC)(CC)c3cc(C)c(N=Nc4ccc(C(=O)O)cc4)cc3OC)cc2S(=O)(=O)O)c(S(=O)(=O)O)c1. The number of aryl methyl sites for hydroxylation is 2. The molecule has 75 heavy (non-hydrogen) atoms. The molecule has 6 rings (SSSR count). The molecule has 0 amide bonds. The van der Waals surface area contributed by atoms with Gasteiger partial charge in [0.05, 0.1) is 53.8 Å². The number of carbonyl (C=O) groups is 2. The lowest BCUT2D eigenvalue weighted by atomic mass is 9.84. The van der Waals surface area contributed by atoms with Crippen molar-refractivity contribution in [3.63, 3.8) is 0 Å². The van der Waals surface area contributed by atoms with E-state index in [1.54, 1.807) is 38.1 Å². The molecule has 6 aromatic carbocycles. The molecule has 1 unspecified atom stereocenters. The predicted molar refractivity (Wildman–Crippen MR) is 281 cm³/mol. The number of nitrogens with zero attached hydrogens (tertiary/aromatic N) is 8. The number of aromatic carboxylic acids is 2. The maximum Gasteiger partial charge on any atom is 0.335 e. The molecular weight excluding hydrogens is 1000 g/mol. The Kier molecular flexibility index (Phi) is 17.5. The lowest BCUT2D eigenvalue weighted by molar-refractivity contribution is 0.0686. The molecule has 0 bridgehead atoms. The smallest absolute Gasteiger partial charge is 0.335 e. The Morgan fingerprint density at radius 1 is 0.533 bits per heavy atom. The van der Waals surface area contributed by atoms with Crippen molar-refractivity contribution in [1.82, 2.24) is 0 Å². The highest BCUT2D eigenvalue weighted by atomic mass is 32.2. The van der Waals surface area contributed by atoms with E-state index in [-0.39, 0.29) is 27.9 Å². The zero-order valence-electron chi connectivity index (χ0n) is 42.1. The topological polar surface area (TPSA) is 301 Å². The molecule has 0 fully saturated rings. The van der Waals surface area contributed by atoms with E-state index in [0.717, 1.165) is 11.6 Å². The van der Waals surface area contributed by atoms with Crippen LogP contribution in [-0.2, 0) is 31.3 Å². The first kappa shape index (κ1) is 56.1. The minimum atomic E-state index is -4.90. The van der Waals surface area contributed by atoms with Gasteiger partial charge in [0.15, 0.2) is 0 Å². The van der Waals surface area contributed by atoms with E-state index in [9.17, 15) is 45.7 Å². The van der Waals surface area contributed by atoms with E-state index in [1.165, 1.54) is 99.2 Å². The summed E-state index contributed by atoms with van der Waals surface area (Å²) in [6.45, 7) is 11.0. The van der Waals surface area contributed by atoms with Gasteiger partial charge in [0.1, 0.15) is 38.1 Å². The van der Waals surface area contributed by atoms with Crippen LogP contribution in [0.25, 0.3) is 12.2 Å². The quantitative estimate of drug-likeness (QED) is 0.0297. The average Bonchev–Trinajstić information content (AvgIpc) is 3.39. The second kappa shape index (κ2) is 23.4. The number of hydrogen-bond donors (Lipinski definition) is 4. The second-order valence-electron chi connectivity index (χ2n) is 17.3. The molecule has 1 atom stereocenters. The molecule has 20 nitrogen and oxygen atoms in total. The van der Waals surface area contributed by atoms with Crippen LogP contribution in [0.1, 0.15) is 101 Å². The van der Waals surface area contributed by atoms with E-state index in [4.69, 9.17) is 14.6 Å². The zero-order chi connectivity index (χ0) is 54.9. The van der Waals surface area contributed by atoms with Crippen LogP contribution < -0.4 is 9.47 Å². The molecule has 0 aliphatic carbocycles. The summed E-state index contributed by atoms with van der Waals surface area (Å²) in [6, 6.07) is 26.9. The highest BCUT2D eigenvalue weighted by Crippen LogP contribution is 2.44. The first-order valence-electron chi connectivity index (χ1n) is 23.1. The Balaban J connectivity index is 1.27. The van der Waals surface area contributed by atoms with E-state index in [0.29, 0.717) is 75.9 Å². The Labute approximate surface area is 433 Å². The molecule has 22 heteroatoms. The van der Waals surface area contributed by atoms with Crippen molar-refractivity contribution >= 4 is 78.5 Å². The summed E-state index contributed by atoms with van der Waals surface area (Å²) >= 11 is 0. The first-order valence-corrected chi connectivity index (χ1v) is 26.0. The lowest BCUT2D eigenvalue weighted by Crippen LogP contribution is -2.22. The van der Waals surface area contributed by atoms with Crippen LogP contribution in [-0.4, -0.2) is 62.3 Å². The van der Waals surface area contributed by atoms with Crippen LogP contribution in [0.5, 0.6) is 11.5 Å². The molecule has 0 radical (unpaired) electrons. The number of hydrogen-bond acceptors (Lipinski definition) is 16. The van der Waals surface area contributed by atoms with E-state index >= 15 is 0 Å². The van der Waals surface area contributed by atoms with Gasteiger partial charge in [0.2, 0.25) is 0 Å². The van der Waals surface area contributed by atoms with Crippen LogP contribution in [0, 0.1) is 13.8 Å². The Morgan fingerprint density at radius 3 is 1.47 bits per heavy atom. The van der Waals surface area contributed by atoms with Crippen molar-refractivity contribution in [3.05, 3.63) is 154 Å². The summed E-state index contributed by atoms with van der Waals surface area (Å²) in [5.74, 6) is -1.39. The van der Waals surface area contributed by atoms with Crippen LogP contribution in [0.2, 0.25) is 0 Å². The highest BCUT2D eigenvalue weighted by molar-refractivity contribution is 7.86. The van der Waals surface area contributed by atoms with Crippen molar-refractivity contribution < 1.29 is 55.2 Å². The molecule has 390 valence electrons. The van der Waals surface area contributed by atoms with Crippen molar-refractivity contribution in [2.75, 3.05) is 14.2 Å². The number of carboxylic acid groups (broad SMARTS) is 2. The van der Waals surface area contributed by atoms with Crippen LogP contribution in [0.3, 0.4) is 0 Å². The summed E-state index contributed by atoms with van der Waals surface area (Å²) in [5, 5.41) is 53.8. The zero-order valence-corrected chi connectivity index (χ0v) is 43.8. The standard InChI is InChI=1S/C53H54N8O12S2/c1-9-52(6,60-59-45-27-33(5)44(31-47(45)73-8)58-55-40-23-18-37(19-24-40)51(64)65)38-20-14-34(48(28-38)74(66,67)68)12-13-35-15-25-41(29-49(35)75(69,70)71)56-61-53(10-2,11-3)42-26-32(4)43(30-46(42)72-7)57-54-39-21-16-36(17-22-39)50(62)63/h12-31H,9-11H2,1-8H3,(H,62,63)(H,64,65)(H,66,67,68)(H,69,70,71). The van der Waals surface area contributed by atoms with Gasteiger partial charge in [-0.2, -0.15) is 57.7 Å². The molecule has 0 spiro atoms.